The van der Waals surface area contributed by atoms with Gasteiger partial charge in [0.1, 0.15) is 23.4 Å². The number of pyridine rings is 2. The summed E-state index contributed by atoms with van der Waals surface area (Å²) in [4.78, 5) is 22.9. The number of hydrogen-bond donors (Lipinski definition) is 2. The van der Waals surface area contributed by atoms with Crippen LogP contribution in [0.2, 0.25) is 0 Å². The molecule has 0 aliphatic carbocycles. The van der Waals surface area contributed by atoms with Crippen molar-refractivity contribution in [3.8, 4) is 6.07 Å². The number of nitrogen functional groups attached to an aromatic ring is 1. The third kappa shape index (κ3) is 4.14. The van der Waals surface area contributed by atoms with Gasteiger partial charge in [0.05, 0.1) is 5.56 Å². The second kappa shape index (κ2) is 7.33. The smallest absolute Gasteiger partial charge is 0.281 e. The summed E-state index contributed by atoms with van der Waals surface area (Å²) in [5.41, 5.74) is 5.46. The van der Waals surface area contributed by atoms with Crippen molar-refractivity contribution in [2.45, 2.75) is 37.8 Å². The maximum Gasteiger partial charge on any atom is 0.281 e. The second-order valence-electron chi connectivity index (χ2n) is 7.75. The molecular formula is C19H22N6O3S. The fourth-order valence-electron chi connectivity index (χ4n) is 3.66. The van der Waals surface area contributed by atoms with Crippen molar-refractivity contribution >= 4 is 27.6 Å². The zero-order valence-corrected chi connectivity index (χ0v) is 17.2. The first-order valence-corrected chi connectivity index (χ1v) is 10.5. The summed E-state index contributed by atoms with van der Waals surface area (Å²) in [6.07, 6.45) is 0.873. The molecule has 0 spiro atoms. The first kappa shape index (κ1) is 20.5. The van der Waals surface area contributed by atoms with Crippen LogP contribution in [-0.4, -0.2) is 36.4 Å². The summed E-state index contributed by atoms with van der Waals surface area (Å²) in [6, 6.07) is 8.89. The maximum atomic E-state index is 12.9. The van der Waals surface area contributed by atoms with Crippen LogP contribution in [0.5, 0.6) is 0 Å². The fraction of sp³-hybridized carbons (Fsp3) is 0.368. The van der Waals surface area contributed by atoms with Gasteiger partial charge in [0.2, 0.25) is 0 Å². The van der Waals surface area contributed by atoms with Gasteiger partial charge in [0, 0.05) is 12.1 Å². The largest absolute Gasteiger partial charge is 0.384 e. The van der Waals surface area contributed by atoms with Crippen molar-refractivity contribution in [3.05, 3.63) is 41.6 Å². The summed E-state index contributed by atoms with van der Waals surface area (Å²) in [5.74, 6) is -0.189. The summed E-state index contributed by atoms with van der Waals surface area (Å²) >= 11 is 0. The Morgan fingerprint density at radius 1 is 1.31 bits per heavy atom. The number of nitrogens with zero attached hydrogens (tertiary/aromatic N) is 4. The lowest BCUT2D eigenvalue weighted by atomic mass is 9.97. The van der Waals surface area contributed by atoms with Crippen molar-refractivity contribution in [2.24, 2.45) is 5.92 Å². The van der Waals surface area contributed by atoms with Crippen LogP contribution in [0.1, 0.15) is 43.2 Å². The molecule has 1 aliphatic rings. The Balaban J connectivity index is 2.00. The molecule has 1 atom stereocenters. The fourth-order valence-corrected chi connectivity index (χ4v) is 4.60. The van der Waals surface area contributed by atoms with E-state index in [9.17, 15) is 18.5 Å². The van der Waals surface area contributed by atoms with Gasteiger partial charge in [0.15, 0.2) is 5.03 Å². The topological polar surface area (TPSA) is 142 Å². The molecule has 0 aromatic carbocycles. The molecule has 10 heteroatoms. The molecule has 2 aromatic rings. The van der Waals surface area contributed by atoms with E-state index in [2.05, 4.69) is 16.9 Å². The zero-order valence-electron chi connectivity index (χ0n) is 16.4. The number of carbonyl (C=O) groups is 1. The molecule has 0 saturated carbocycles. The quantitative estimate of drug-likeness (QED) is 0.769. The summed E-state index contributed by atoms with van der Waals surface area (Å²) < 4.78 is 27.2. The van der Waals surface area contributed by atoms with Crippen LogP contribution in [0, 0.1) is 17.2 Å². The SMILES string of the molecule is C[C@@H]1CN(c2nc(C#N)ccc2C(=O)NS(=O)(=O)c2cccc(N)n2)C(C)(C)C1. The lowest BCUT2D eigenvalue weighted by molar-refractivity contribution is 0.0981. The minimum absolute atomic E-state index is 0.0221. The van der Waals surface area contributed by atoms with Crippen LogP contribution in [0.25, 0.3) is 0 Å². The zero-order chi connectivity index (χ0) is 21.4. The van der Waals surface area contributed by atoms with E-state index in [1.807, 2.05) is 29.5 Å². The molecule has 1 aliphatic heterocycles. The predicted molar refractivity (Wildman–Crippen MR) is 107 cm³/mol. The highest BCUT2D eigenvalue weighted by molar-refractivity contribution is 7.90. The van der Waals surface area contributed by atoms with Crippen molar-refractivity contribution < 1.29 is 13.2 Å². The summed E-state index contributed by atoms with van der Waals surface area (Å²) in [7, 11) is -4.23. The van der Waals surface area contributed by atoms with Crippen molar-refractivity contribution in [1.29, 1.82) is 5.26 Å². The number of rotatable bonds is 4. The van der Waals surface area contributed by atoms with Crippen molar-refractivity contribution in [2.75, 3.05) is 17.2 Å². The number of sulfonamides is 1. The van der Waals surface area contributed by atoms with E-state index < -0.39 is 15.9 Å². The Labute approximate surface area is 169 Å². The summed E-state index contributed by atoms with van der Waals surface area (Å²) in [5, 5.41) is 8.87. The average molecular weight is 414 g/mol. The molecule has 0 unspecified atom stereocenters. The third-order valence-electron chi connectivity index (χ3n) is 4.81. The van der Waals surface area contributed by atoms with E-state index in [1.165, 1.54) is 30.3 Å². The predicted octanol–water partition coefficient (Wildman–Crippen LogP) is 1.67. The number of anilines is 2. The molecule has 3 N–H and O–H groups in total. The Morgan fingerprint density at radius 2 is 2.03 bits per heavy atom. The van der Waals surface area contributed by atoms with Gasteiger partial charge in [0.25, 0.3) is 15.9 Å². The van der Waals surface area contributed by atoms with E-state index in [1.54, 1.807) is 0 Å². The van der Waals surface area contributed by atoms with Crippen LogP contribution >= 0.6 is 0 Å². The van der Waals surface area contributed by atoms with E-state index in [-0.39, 0.29) is 33.5 Å². The molecule has 2 aromatic heterocycles. The number of nitrogens with one attached hydrogen (secondary N) is 1. The van der Waals surface area contributed by atoms with E-state index in [4.69, 9.17) is 5.73 Å². The van der Waals surface area contributed by atoms with E-state index in [0.717, 1.165) is 6.42 Å². The number of nitriles is 1. The minimum Gasteiger partial charge on any atom is -0.384 e. The monoisotopic (exact) mass is 414 g/mol. The van der Waals surface area contributed by atoms with Gasteiger partial charge < -0.3 is 10.6 Å². The van der Waals surface area contributed by atoms with Gasteiger partial charge in [-0.15, -0.1) is 0 Å². The summed E-state index contributed by atoms with van der Waals surface area (Å²) in [6.45, 7) is 6.77. The molecule has 1 fully saturated rings. The lowest BCUT2D eigenvalue weighted by Crippen LogP contribution is -2.41. The van der Waals surface area contributed by atoms with E-state index >= 15 is 0 Å². The van der Waals surface area contributed by atoms with Crippen LogP contribution in [0.15, 0.2) is 35.4 Å². The number of aromatic nitrogens is 2. The standard InChI is InChI=1S/C19H22N6O3S/c1-12-9-19(2,3)25(11-12)17-14(8-7-13(10-20)22-17)18(26)24-29(27,28)16-6-4-5-15(21)23-16/h4-8,12H,9,11H2,1-3H3,(H2,21,23)(H,24,26)/t12-/m0/s1. The maximum absolute atomic E-state index is 12.9. The molecular weight excluding hydrogens is 392 g/mol. The van der Waals surface area contributed by atoms with Crippen LogP contribution in [0.4, 0.5) is 11.6 Å². The Hall–Kier alpha value is -3.19. The van der Waals surface area contributed by atoms with Gasteiger partial charge in [-0.25, -0.2) is 14.7 Å². The number of amides is 1. The Morgan fingerprint density at radius 3 is 2.62 bits per heavy atom. The molecule has 1 saturated heterocycles. The number of nitrogens with two attached hydrogens (primary N) is 1. The molecule has 1 amide bonds. The molecule has 29 heavy (non-hydrogen) atoms. The highest BCUT2D eigenvalue weighted by Crippen LogP contribution is 2.37. The Kier molecular flexibility index (Phi) is 5.19. The minimum atomic E-state index is -4.23. The van der Waals surface area contributed by atoms with Gasteiger partial charge in [-0.3, -0.25) is 4.79 Å². The van der Waals surface area contributed by atoms with Gasteiger partial charge in [-0.2, -0.15) is 13.7 Å². The number of hydrogen-bond acceptors (Lipinski definition) is 8. The highest BCUT2D eigenvalue weighted by atomic mass is 32.2. The first-order chi connectivity index (χ1) is 13.5. The van der Waals surface area contributed by atoms with Gasteiger partial charge >= 0.3 is 0 Å². The average Bonchev–Trinajstić information content (AvgIpc) is 2.92. The lowest BCUT2D eigenvalue weighted by Gasteiger charge is -2.33. The second-order valence-corrected chi connectivity index (χ2v) is 9.38. The van der Waals surface area contributed by atoms with Gasteiger partial charge in [-0.1, -0.05) is 13.0 Å². The van der Waals surface area contributed by atoms with Crippen molar-refractivity contribution in [3.63, 3.8) is 0 Å². The Bertz CT molecular complexity index is 1110. The van der Waals surface area contributed by atoms with Crippen LogP contribution in [-0.2, 0) is 10.0 Å². The molecule has 0 radical (unpaired) electrons. The van der Waals surface area contributed by atoms with E-state index in [0.29, 0.717) is 12.5 Å². The molecule has 0 bridgehead atoms. The normalized spacial score (nSPS) is 18.3. The molecule has 3 rings (SSSR count). The van der Waals surface area contributed by atoms with Crippen LogP contribution < -0.4 is 15.4 Å². The van der Waals surface area contributed by atoms with Crippen molar-refractivity contribution in [1.82, 2.24) is 14.7 Å². The molecule has 3 heterocycles. The number of carbonyl (C=O) groups excluding carboxylic acids is 1. The first-order valence-electron chi connectivity index (χ1n) is 9.02. The van der Waals surface area contributed by atoms with Crippen LogP contribution in [0.3, 0.4) is 0 Å². The highest BCUT2D eigenvalue weighted by Gasteiger charge is 2.39. The molecule has 9 nitrogen and oxygen atoms in total. The van der Waals surface area contributed by atoms with Gasteiger partial charge in [-0.05, 0) is 50.5 Å². The third-order valence-corrected chi connectivity index (χ3v) is 6.04. The molecule has 152 valence electrons.